The summed E-state index contributed by atoms with van der Waals surface area (Å²) in [5.74, 6) is -0.639. The maximum absolute atomic E-state index is 13.6. The van der Waals surface area contributed by atoms with Crippen molar-refractivity contribution in [2.45, 2.75) is 63.7 Å². The largest absolute Gasteiger partial charge is 0.493 e. The number of carboxylic acids is 1. The second kappa shape index (κ2) is 13.7. The molecule has 1 aromatic carbocycles. The van der Waals surface area contributed by atoms with Crippen LogP contribution in [0, 0.1) is 5.92 Å². The second-order valence-electron chi connectivity index (χ2n) is 11.1. The van der Waals surface area contributed by atoms with Gasteiger partial charge in [0.25, 0.3) is 0 Å². The standard InChI is InChI=1S/C29H45N3O6/c1-4-5-13-31(14-6-12-30(2)3)26(33)20-32-19-23(21-7-9-25-22(18-21)11-15-36-25)28(29(34)35)24(32)8-10-27-37-16-17-38-27/h7,9,18,23-24,27-28H,4-6,8,10-17,19-20H2,1-3H3,(H,34,35)/t23-,24+,28?/m1/s1. The number of carbonyl (C=O) groups is 2. The average Bonchev–Trinajstić information content (AvgIpc) is 3.64. The molecule has 9 heteroatoms. The minimum absolute atomic E-state index is 0.0858. The quantitative estimate of drug-likeness (QED) is 0.392. The molecule has 38 heavy (non-hydrogen) atoms. The van der Waals surface area contributed by atoms with Crippen molar-refractivity contribution >= 4 is 11.9 Å². The minimum Gasteiger partial charge on any atom is -0.493 e. The summed E-state index contributed by atoms with van der Waals surface area (Å²) in [5.41, 5.74) is 2.15. The monoisotopic (exact) mass is 531 g/mol. The number of hydrogen-bond acceptors (Lipinski definition) is 7. The zero-order chi connectivity index (χ0) is 27.1. The Morgan fingerprint density at radius 1 is 1.05 bits per heavy atom. The van der Waals surface area contributed by atoms with Crippen LogP contribution in [0.4, 0.5) is 0 Å². The number of fused-ring (bicyclic) bond motifs is 1. The molecule has 4 rings (SSSR count). The molecule has 0 bridgehead atoms. The average molecular weight is 532 g/mol. The highest BCUT2D eigenvalue weighted by Crippen LogP contribution is 2.41. The molecule has 0 radical (unpaired) electrons. The molecule has 1 aromatic rings. The molecular weight excluding hydrogens is 486 g/mol. The molecule has 2 fully saturated rings. The number of carboxylic acid groups (broad SMARTS) is 1. The summed E-state index contributed by atoms with van der Waals surface area (Å²) < 4.78 is 17.0. The van der Waals surface area contributed by atoms with Crippen molar-refractivity contribution in [3.8, 4) is 5.75 Å². The fourth-order valence-electron chi connectivity index (χ4n) is 6.07. The van der Waals surface area contributed by atoms with Gasteiger partial charge in [0.15, 0.2) is 6.29 Å². The molecular formula is C29H45N3O6. The van der Waals surface area contributed by atoms with Crippen LogP contribution in [0.2, 0.25) is 0 Å². The number of unbranched alkanes of at least 4 members (excludes halogenated alkanes) is 1. The Morgan fingerprint density at radius 2 is 1.82 bits per heavy atom. The van der Waals surface area contributed by atoms with Gasteiger partial charge in [0.2, 0.25) is 5.91 Å². The van der Waals surface area contributed by atoms with Gasteiger partial charge in [0.05, 0.1) is 32.3 Å². The topological polar surface area (TPSA) is 91.8 Å². The lowest BCUT2D eigenvalue weighted by atomic mass is 9.83. The van der Waals surface area contributed by atoms with E-state index in [1.165, 1.54) is 0 Å². The molecule has 1 amide bonds. The van der Waals surface area contributed by atoms with Crippen LogP contribution in [0.5, 0.6) is 5.75 Å². The molecule has 0 aromatic heterocycles. The number of hydrogen-bond donors (Lipinski definition) is 1. The fourth-order valence-corrected chi connectivity index (χ4v) is 6.07. The molecule has 3 heterocycles. The van der Waals surface area contributed by atoms with Gasteiger partial charge < -0.3 is 29.1 Å². The van der Waals surface area contributed by atoms with Crippen molar-refractivity contribution in [2.75, 3.05) is 66.6 Å². The van der Waals surface area contributed by atoms with Crippen LogP contribution in [-0.4, -0.2) is 111 Å². The summed E-state index contributed by atoms with van der Waals surface area (Å²) in [6.07, 6.45) is 4.67. The Morgan fingerprint density at radius 3 is 2.53 bits per heavy atom. The van der Waals surface area contributed by atoms with Gasteiger partial charge >= 0.3 is 5.97 Å². The highest BCUT2D eigenvalue weighted by molar-refractivity contribution is 5.79. The maximum atomic E-state index is 13.6. The summed E-state index contributed by atoms with van der Waals surface area (Å²) in [6.45, 7) is 7.09. The number of ether oxygens (including phenoxy) is 3. The first-order valence-corrected chi connectivity index (χ1v) is 14.3. The Kier molecular flexibility index (Phi) is 10.4. The molecule has 1 N–H and O–H groups in total. The minimum atomic E-state index is -0.811. The summed E-state index contributed by atoms with van der Waals surface area (Å²) in [6, 6.07) is 5.82. The molecule has 3 aliphatic heterocycles. The Balaban J connectivity index is 1.53. The van der Waals surface area contributed by atoms with E-state index in [1.807, 2.05) is 31.1 Å². The van der Waals surface area contributed by atoms with Crippen molar-refractivity contribution in [2.24, 2.45) is 5.92 Å². The molecule has 0 aliphatic carbocycles. The van der Waals surface area contributed by atoms with Crippen LogP contribution in [0.15, 0.2) is 18.2 Å². The van der Waals surface area contributed by atoms with E-state index in [2.05, 4.69) is 22.8 Å². The van der Waals surface area contributed by atoms with Crippen molar-refractivity contribution in [1.29, 1.82) is 0 Å². The van der Waals surface area contributed by atoms with Crippen LogP contribution < -0.4 is 4.74 Å². The predicted molar refractivity (Wildman–Crippen MR) is 144 cm³/mol. The van der Waals surface area contributed by atoms with Gasteiger partial charge in [-0.05, 0) is 63.5 Å². The van der Waals surface area contributed by atoms with Gasteiger partial charge in [0, 0.05) is 38.0 Å². The number of aliphatic carboxylic acids is 1. The Hall–Kier alpha value is -2.20. The third-order valence-corrected chi connectivity index (χ3v) is 8.07. The van der Waals surface area contributed by atoms with E-state index in [-0.39, 0.29) is 30.7 Å². The molecule has 1 unspecified atom stereocenters. The van der Waals surface area contributed by atoms with Gasteiger partial charge in [-0.3, -0.25) is 14.5 Å². The normalized spacial score (nSPS) is 23.6. The highest BCUT2D eigenvalue weighted by Gasteiger charge is 2.47. The van der Waals surface area contributed by atoms with Crippen molar-refractivity contribution < 1.29 is 28.9 Å². The molecule has 3 aliphatic rings. The van der Waals surface area contributed by atoms with E-state index in [0.717, 1.165) is 62.2 Å². The van der Waals surface area contributed by atoms with Crippen LogP contribution in [-0.2, 0) is 25.5 Å². The molecule has 0 spiro atoms. The lowest BCUT2D eigenvalue weighted by Crippen LogP contribution is -2.45. The van der Waals surface area contributed by atoms with Gasteiger partial charge in [0.1, 0.15) is 5.75 Å². The number of likely N-dealkylation sites (tertiary alicyclic amines) is 1. The fraction of sp³-hybridized carbons (Fsp3) is 0.724. The van der Waals surface area contributed by atoms with E-state index in [4.69, 9.17) is 14.2 Å². The summed E-state index contributed by atoms with van der Waals surface area (Å²) in [7, 11) is 4.09. The molecule has 0 saturated carbocycles. The van der Waals surface area contributed by atoms with Crippen molar-refractivity contribution in [3.63, 3.8) is 0 Å². The lowest BCUT2D eigenvalue weighted by molar-refractivity contribution is -0.144. The molecule has 2 saturated heterocycles. The molecule has 3 atom stereocenters. The number of rotatable bonds is 14. The SMILES string of the molecule is CCCCN(CCCN(C)C)C(=O)CN1C[C@H](c2ccc3c(c2)CCO3)C(C(=O)O)[C@@H]1CCC1OCCO1. The van der Waals surface area contributed by atoms with Gasteiger partial charge in [-0.25, -0.2) is 0 Å². The predicted octanol–water partition coefficient (Wildman–Crippen LogP) is 2.82. The Labute approximate surface area is 227 Å². The first-order chi connectivity index (χ1) is 18.4. The van der Waals surface area contributed by atoms with E-state index in [9.17, 15) is 14.7 Å². The third-order valence-electron chi connectivity index (χ3n) is 8.07. The van der Waals surface area contributed by atoms with Crippen molar-refractivity contribution in [1.82, 2.24) is 14.7 Å². The first-order valence-electron chi connectivity index (χ1n) is 14.3. The van der Waals surface area contributed by atoms with E-state index in [0.29, 0.717) is 39.2 Å². The first kappa shape index (κ1) is 28.8. The number of carbonyl (C=O) groups excluding carboxylic acids is 1. The number of amides is 1. The van der Waals surface area contributed by atoms with Crippen LogP contribution in [0.1, 0.15) is 56.1 Å². The van der Waals surface area contributed by atoms with Gasteiger partial charge in [-0.15, -0.1) is 0 Å². The summed E-state index contributed by atoms with van der Waals surface area (Å²) in [4.78, 5) is 32.6. The zero-order valence-electron chi connectivity index (χ0n) is 23.3. The van der Waals surface area contributed by atoms with E-state index in [1.54, 1.807) is 0 Å². The van der Waals surface area contributed by atoms with Crippen molar-refractivity contribution in [3.05, 3.63) is 29.3 Å². The lowest BCUT2D eigenvalue weighted by Gasteiger charge is -2.30. The Bertz CT molecular complexity index is 935. The van der Waals surface area contributed by atoms with Gasteiger partial charge in [-0.1, -0.05) is 25.5 Å². The zero-order valence-corrected chi connectivity index (χ0v) is 23.3. The smallest absolute Gasteiger partial charge is 0.308 e. The van der Waals surface area contributed by atoms with Crippen LogP contribution >= 0.6 is 0 Å². The van der Waals surface area contributed by atoms with Crippen LogP contribution in [0.3, 0.4) is 0 Å². The second-order valence-corrected chi connectivity index (χ2v) is 11.1. The molecule has 212 valence electrons. The third kappa shape index (κ3) is 7.25. The van der Waals surface area contributed by atoms with E-state index >= 15 is 0 Å². The number of benzene rings is 1. The molecule has 9 nitrogen and oxygen atoms in total. The van der Waals surface area contributed by atoms with Gasteiger partial charge in [-0.2, -0.15) is 0 Å². The number of nitrogens with zero attached hydrogens (tertiary/aromatic N) is 3. The van der Waals surface area contributed by atoms with E-state index < -0.39 is 11.9 Å². The van der Waals surface area contributed by atoms with Crippen LogP contribution in [0.25, 0.3) is 0 Å². The highest BCUT2D eigenvalue weighted by atomic mass is 16.7. The summed E-state index contributed by atoms with van der Waals surface area (Å²) in [5, 5.41) is 10.4. The summed E-state index contributed by atoms with van der Waals surface area (Å²) >= 11 is 0. The maximum Gasteiger partial charge on any atom is 0.308 e.